The van der Waals surface area contributed by atoms with Crippen LogP contribution in [0.1, 0.15) is 0 Å². The Morgan fingerprint density at radius 2 is 1.15 bits per heavy atom. The van der Waals surface area contributed by atoms with Gasteiger partial charge < -0.3 is 24.1 Å². The maximum Gasteiger partial charge on any atom is 0.395 e. The smallest absolute Gasteiger partial charge is 0.320 e. The number of rotatable bonds is 3. The van der Waals surface area contributed by atoms with Gasteiger partial charge in [0.1, 0.15) is 0 Å². The molecule has 0 atom stereocenters. The lowest BCUT2D eigenvalue weighted by atomic mass is 10.8. The topological polar surface area (TPSA) is 115 Å². The molecule has 9 heteroatoms. The Kier molecular flexibility index (Phi) is 3.51. The maximum absolute atomic E-state index is 10.8. The minimum Gasteiger partial charge on any atom is -0.320 e. The molecule has 4 N–H and O–H groups in total. The molecule has 0 saturated carbocycles. The molecule has 0 saturated heterocycles. The van der Waals surface area contributed by atoms with E-state index in [2.05, 4.69) is 0 Å². The van der Waals surface area contributed by atoms with E-state index in [1.54, 1.807) is 0 Å². The van der Waals surface area contributed by atoms with Crippen molar-refractivity contribution in [2.75, 3.05) is 21.1 Å². The van der Waals surface area contributed by atoms with Crippen molar-refractivity contribution >= 4 is 15.2 Å². The van der Waals surface area contributed by atoms with E-state index in [0.717, 1.165) is 0 Å². The standard InChI is InChI=1S/C4H13NO6P2/c1-5(2,3)4(12(6,7)8)13(9,10)11/h4H,1-3H3,(H3-,6,7,8,9,10,11)/p+1. The summed E-state index contributed by atoms with van der Waals surface area (Å²) in [6.07, 6.45) is 0. The van der Waals surface area contributed by atoms with E-state index in [9.17, 15) is 9.13 Å². The molecule has 0 aromatic rings. The van der Waals surface area contributed by atoms with Crippen LogP contribution in [0.25, 0.3) is 0 Å². The molecule has 7 nitrogen and oxygen atoms in total. The van der Waals surface area contributed by atoms with Crippen LogP contribution in [0, 0.1) is 0 Å². The largest absolute Gasteiger partial charge is 0.395 e. The molecule has 0 unspecified atom stereocenters. The van der Waals surface area contributed by atoms with Crippen LogP contribution in [0.2, 0.25) is 0 Å². The van der Waals surface area contributed by atoms with Gasteiger partial charge in [0.05, 0.1) is 21.1 Å². The van der Waals surface area contributed by atoms with E-state index in [4.69, 9.17) is 19.6 Å². The van der Waals surface area contributed by atoms with Gasteiger partial charge in [0, 0.05) is 0 Å². The van der Waals surface area contributed by atoms with Crippen molar-refractivity contribution in [3.05, 3.63) is 0 Å². The Labute approximate surface area is 75.9 Å². The van der Waals surface area contributed by atoms with Gasteiger partial charge in [0.15, 0.2) is 0 Å². The van der Waals surface area contributed by atoms with Gasteiger partial charge in [-0.15, -0.1) is 0 Å². The van der Waals surface area contributed by atoms with E-state index in [0.29, 0.717) is 0 Å². The summed E-state index contributed by atoms with van der Waals surface area (Å²) in [5.74, 6) is 0. The van der Waals surface area contributed by atoms with Crippen LogP contribution in [-0.4, -0.2) is 50.7 Å². The predicted octanol–water partition coefficient (Wildman–Crippen LogP) is -0.668. The maximum atomic E-state index is 10.8. The molecule has 0 aliphatic carbocycles. The zero-order valence-corrected chi connectivity index (χ0v) is 9.31. The minimum absolute atomic E-state index is 0.492. The lowest BCUT2D eigenvalue weighted by Crippen LogP contribution is -2.44. The fourth-order valence-electron chi connectivity index (χ4n) is 1.10. The highest BCUT2D eigenvalue weighted by atomic mass is 31.2. The molecule has 0 aromatic heterocycles. The number of quaternary nitrogens is 1. The Balaban J connectivity index is 5.28. The quantitative estimate of drug-likeness (QED) is 0.380. The van der Waals surface area contributed by atoms with E-state index < -0.39 is 25.2 Å². The van der Waals surface area contributed by atoms with Crippen molar-refractivity contribution in [3.63, 3.8) is 0 Å². The Morgan fingerprint density at radius 3 is 1.15 bits per heavy atom. The summed E-state index contributed by atoms with van der Waals surface area (Å²) >= 11 is 0. The average Bonchev–Trinajstić information content (AvgIpc) is 1.44. The Hall–Kier alpha value is 0.260. The van der Waals surface area contributed by atoms with Gasteiger partial charge in [0.2, 0.25) is 0 Å². The van der Waals surface area contributed by atoms with Crippen molar-refractivity contribution in [2.24, 2.45) is 0 Å². The molecule has 0 fully saturated rings. The normalized spacial score (nSPS) is 15.1. The summed E-state index contributed by atoms with van der Waals surface area (Å²) in [4.78, 5) is 35.0. The molecule has 0 spiro atoms. The summed E-state index contributed by atoms with van der Waals surface area (Å²) in [5.41, 5.74) is -2.00. The van der Waals surface area contributed by atoms with E-state index >= 15 is 0 Å². The molecule has 0 aliphatic rings. The third kappa shape index (κ3) is 3.87. The van der Waals surface area contributed by atoms with Crippen LogP contribution in [0.3, 0.4) is 0 Å². The summed E-state index contributed by atoms with van der Waals surface area (Å²) in [5, 5.41) is 0. The second kappa shape index (κ2) is 3.44. The molecule has 0 amide bonds. The van der Waals surface area contributed by atoms with Crippen LogP contribution < -0.4 is 0 Å². The highest BCUT2D eigenvalue weighted by Crippen LogP contribution is 2.62. The molecule has 0 heterocycles. The summed E-state index contributed by atoms with van der Waals surface area (Å²) in [6.45, 7) is 0. The molecule has 13 heavy (non-hydrogen) atoms. The van der Waals surface area contributed by atoms with E-state index in [1.165, 1.54) is 21.1 Å². The molecular formula is C4H14NO6P2+. The molecule has 0 bridgehead atoms. The zero-order chi connectivity index (χ0) is 11.1. The first-order chi connectivity index (χ1) is 5.37. The van der Waals surface area contributed by atoms with Crippen molar-refractivity contribution < 1.29 is 33.2 Å². The molecule has 0 aromatic carbocycles. The van der Waals surface area contributed by atoms with Gasteiger partial charge in [-0.1, -0.05) is 0 Å². The molecular weight excluding hydrogens is 220 g/mol. The van der Waals surface area contributed by atoms with Crippen molar-refractivity contribution in [2.45, 2.75) is 5.52 Å². The molecule has 0 rings (SSSR count). The van der Waals surface area contributed by atoms with Gasteiger partial charge in [-0.2, -0.15) is 0 Å². The minimum atomic E-state index is -4.81. The van der Waals surface area contributed by atoms with Crippen molar-refractivity contribution in [1.82, 2.24) is 0 Å². The lowest BCUT2D eigenvalue weighted by molar-refractivity contribution is -0.871. The summed E-state index contributed by atoms with van der Waals surface area (Å²) in [7, 11) is -5.69. The molecule has 0 radical (unpaired) electrons. The number of hydrogen-bond acceptors (Lipinski definition) is 2. The fourth-order valence-corrected chi connectivity index (χ4v) is 4.47. The Bertz CT molecular complexity index is 249. The molecule has 0 aliphatic heterocycles. The Morgan fingerprint density at radius 1 is 0.923 bits per heavy atom. The molecule has 80 valence electrons. The highest BCUT2D eigenvalue weighted by molar-refractivity contribution is 7.70. The fraction of sp³-hybridized carbons (Fsp3) is 1.00. The van der Waals surface area contributed by atoms with E-state index in [1.807, 2.05) is 0 Å². The van der Waals surface area contributed by atoms with Gasteiger partial charge in [-0.3, -0.25) is 9.13 Å². The lowest BCUT2D eigenvalue weighted by Gasteiger charge is -2.33. The first-order valence-corrected chi connectivity index (χ1v) is 6.64. The van der Waals surface area contributed by atoms with Crippen LogP contribution >= 0.6 is 15.2 Å². The second-order valence-corrected chi connectivity index (χ2v) is 7.38. The first kappa shape index (κ1) is 13.3. The highest BCUT2D eigenvalue weighted by Gasteiger charge is 2.53. The monoisotopic (exact) mass is 234 g/mol. The van der Waals surface area contributed by atoms with Crippen LogP contribution in [0.5, 0.6) is 0 Å². The third-order valence-corrected chi connectivity index (χ3v) is 5.69. The zero-order valence-electron chi connectivity index (χ0n) is 7.52. The number of nitrogens with zero attached hydrogens (tertiary/aromatic N) is 1. The van der Waals surface area contributed by atoms with Gasteiger partial charge in [-0.25, -0.2) is 0 Å². The van der Waals surface area contributed by atoms with E-state index in [-0.39, 0.29) is 0 Å². The van der Waals surface area contributed by atoms with Crippen LogP contribution in [0.15, 0.2) is 0 Å². The average molecular weight is 234 g/mol. The second-order valence-electron chi connectivity index (χ2n) is 3.64. The van der Waals surface area contributed by atoms with Crippen LogP contribution in [-0.2, 0) is 9.13 Å². The van der Waals surface area contributed by atoms with Crippen molar-refractivity contribution in [3.8, 4) is 0 Å². The van der Waals surface area contributed by atoms with Gasteiger partial charge in [0.25, 0.3) is 5.52 Å². The van der Waals surface area contributed by atoms with Crippen molar-refractivity contribution in [1.29, 1.82) is 0 Å². The number of hydrogen-bond donors (Lipinski definition) is 4. The van der Waals surface area contributed by atoms with Gasteiger partial charge >= 0.3 is 15.2 Å². The first-order valence-electron chi connectivity index (χ1n) is 3.28. The summed E-state index contributed by atoms with van der Waals surface area (Å²) < 4.78 is 21.1. The van der Waals surface area contributed by atoms with Gasteiger partial charge in [-0.05, 0) is 0 Å². The summed E-state index contributed by atoms with van der Waals surface area (Å²) in [6, 6.07) is 0. The van der Waals surface area contributed by atoms with Crippen LogP contribution in [0.4, 0.5) is 0 Å². The third-order valence-electron chi connectivity index (χ3n) is 1.29. The predicted molar refractivity (Wildman–Crippen MR) is 45.9 cm³/mol. The SMILES string of the molecule is C[N+](C)(C)C(P(=O)(O)O)P(=O)(O)O.